The minimum absolute atomic E-state index is 0.808. The van der Waals surface area contributed by atoms with E-state index in [-0.39, 0.29) is 0 Å². The van der Waals surface area contributed by atoms with Gasteiger partial charge in [0.1, 0.15) is 0 Å². The average Bonchev–Trinajstić information content (AvgIpc) is 2.24. The monoisotopic (exact) mass is 210 g/mol. The normalized spacial score (nSPS) is 36.8. The highest BCUT2D eigenvalue weighted by molar-refractivity contribution is 4.94. The molecule has 88 valence electrons. The number of nitrogens with one attached hydrogen (secondary N) is 1. The summed E-state index contributed by atoms with van der Waals surface area (Å²) in [5, 5.41) is 3.72. The molecule has 0 spiro atoms. The maximum Gasteiger partial charge on any atom is 0.0113 e. The van der Waals surface area contributed by atoms with Gasteiger partial charge in [-0.1, -0.05) is 20.3 Å². The highest BCUT2D eigenvalue weighted by atomic mass is 15.2. The lowest BCUT2D eigenvalue weighted by Crippen LogP contribution is -2.56. The predicted octanol–water partition coefficient (Wildman–Crippen LogP) is 2.39. The largest absolute Gasteiger partial charge is 0.314 e. The van der Waals surface area contributed by atoms with E-state index in [1.165, 1.54) is 51.6 Å². The Kier molecular flexibility index (Phi) is 4.04. The molecule has 2 heteroatoms. The highest BCUT2D eigenvalue weighted by Gasteiger charge is 2.36. The van der Waals surface area contributed by atoms with Crippen LogP contribution in [-0.2, 0) is 0 Å². The number of rotatable bonds is 4. The molecule has 2 rings (SSSR count). The second kappa shape index (κ2) is 5.31. The summed E-state index contributed by atoms with van der Waals surface area (Å²) in [7, 11) is 0. The zero-order chi connectivity index (χ0) is 10.7. The van der Waals surface area contributed by atoms with Gasteiger partial charge in [-0.2, -0.15) is 0 Å². The van der Waals surface area contributed by atoms with Crippen molar-refractivity contribution in [1.82, 2.24) is 10.2 Å². The average molecular weight is 210 g/mol. The lowest BCUT2D eigenvalue weighted by Gasteiger charge is -2.48. The third kappa shape index (κ3) is 2.54. The molecule has 2 aliphatic rings. The molecule has 0 radical (unpaired) electrons. The van der Waals surface area contributed by atoms with Gasteiger partial charge in [0.2, 0.25) is 0 Å². The number of piperidine rings is 2. The van der Waals surface area contributed by atoms with Crippen LogP contribution in [-0.4, -0.2) is 36.1 Å². The standard InChI is InChI=1S/C13H26N2/c1-3-8-14-11-9-12-6-5-7-13(10-11)15(12)4-2/h11-14H,3-10H2,1-2H3. The van der Waals surface area contributed by atoms with E-state index in [1.807, 2.05) is 0 Å². The van der Waals surface area contributed by atoms with Gasteiger partial charge in [-0.15, -0.1) is 0 Å². The molecule has 0 aromatic carbocycles. The van der Waals surface area contributed by atoms with E-state index in [4.69, 9.17) is 0 Å². The Morgan fingerprint density at radius 1 is 1.13 bits per heavy atom. The van der Waals surface area contributed by atoms with Gasteiger partial charge in [-0.3, -0.25) is 4.90 Å². The smallest absolute Gasteiger partial charge is 0.0113 e. The second-order valence-corrected chi connectivity index (χ2v) is 5.19. The van der Waals surface area contributed by atoms with Crippen molar-refractivity contribution in [2.45, 2.75) is 70.5 Å². The first-order valence-electron chi connectivity index (χ1n) is 6.84. The fourth-order valence-electron chi connectivity index (χ4n) is 3.51. The van der Waals surface area contributed by atoms with Crippen LogP contribution in [0.2, 0.25) is 0 Å². The van der Waals surface area contributed by atoms with Gasteiger partial charge in [0.05, 0.1) is 0 Å². The van der Waals surface area contributed by atoms with E-state index < -0.39 is 0 Å². The number of hydrogen-bond acceptors (Lipinski definition) is 2. The molecule has 0 aromatic rings. The summed E-state index contributed by atoms with van der Waals surface area (Å²) in [4.78, 5) is 2.76. The number of hydrogen-bond donors (Lipinski definition) is 1. The predicted molar refractivity (Wildman–Crippen MR) is 65.1 cm³/mol. The van der Waals surface area contributed by atoms with Crippen LogP contribution in [0, 0.1) is 0 Å². The molecule has 0 saturated carbocycles. The van der Waals surface area contributed by atoms with Gasteiger partial charge in [0.25, 0.3) is 0 Å². The molecule has 2 bridgehead atoms. The minimum atomic E-state index is 0.808. The Labute approximate surface area is 94.4 Å². The van der Waals surface area contributed by atoms with E-state index in [1.54, 1.807) is 0 Å². The van der Waals surface area contributed by atoms with Gasteiger partial charge in [0.15, 0.2) is 0 Å². The van der Waals surface area contributed by atoms with Crippen LogP contribution in [0.3, 0.4) is 0 Å². The van der Waals surface area contributed by atoms with Crippen molar-refractivity contribution in [3.05, 3.63) is 0 Å². The van der Waals surface area contributed by atoms with Crippen molar-refractivity contribution in [3.63, 3.8) is 0 Å². The molecule has 15 heavy (non-hydrogen) atoms. The lowest BCUT2D eigenvalue weighted by atomic mass is 9.82. The van der Waals surface area contributed by atoms with Crippen LogP contribution in [0.1, 0.15) is 52.4 Å². The van der Waals surface area contributed by atoms with Crippen molar-refractivity contribution in [1.29, 1.82) is 0 Å². The Morgan fingerprint density at radius 3 is 2.33 bits per heavy atom. The number of fused-ring (bicyclic) bond motifs is 2. The molecule has 0 aliphatic carbocycles. The van der Waals surface area contributed by atoms with Crippen molar-refractivity contribution in [2.24, 2.45) is 0 Å². The topological polar surface area (TPSA) is 15.3 Å². The summed E-state index contributed by atoms with van der Waals surface area (Å²) >= 11 is 0. The molecule has 2 fully saturated rings. The highest BCUT2D eigenvalue weighted by Crippen LogP contribution is 2.33. The van der Waals surface area contributed by atoms with E-state index in [2.05, 4.69) is 24.1 Å². The zero-order valence-electron chi connectivity index (χ0n) is 10.3. The first-order chi connectivity index (χ1) is 7.35. The summed E-state index contributed by atoms with van der Waals surface area (Å²) in [6, 6.07) is 2.58. The summed E-state index contributed by atoms with van der Waals surface area (Å²) in [6.45, 7) is 7.05. The van der Waals surface area contributed by atoms with Crippen molar-refractivity contribution >= 4 is 0 Å². The molecule has 1 N–H and O–H groups in total. The van der Waals surface area contributed by atoms with Gasteiger partial charge in [0, 0.05) is 18.1 Å². The molecule has 0 aromatic heterocycles. The summed E-state index contributed by atoms with van der Waals surface area (Å²) in [6.07, 6.45) is 8.40. The van der Waals surface area contributed by atoms with Crippen LogP contribution in [0.5, 0.6) is 0 Å². The molecule has 2 saturated heterocycles. The first kappa shape index (κ1) is 11.4. The molecule has 2 atom stereocenters. The van der Waals surface area contributed by atoms with Crippen LogP contribution >= 0.6 is 0 Å². The molecular weight excluding hydrogens is 184 g/mol. The van der Waals surface area contributed by atoms with Crippen LogP contribution in [0.4, 0.5) is 0 Å². The molecule has 2 unspecified atom stereocenters. The van der Waals surface area contributed by atoms with Gasteiger partial charge in [-0.25, -0.2) is 0 Å². The summed E-state index contributed by atoms with van der Waals surface area (Å²) < 4.78 is 0. The maximum absolute atomic E-state index is 3.72. The third-order valence-corrected chi connectivity index (χ3v) is 4.17. The lowest BCUT2D eigenvalue weighted by molar-refractivity contribution is 0.0294. The summed E-state index contributed by atoms with van der Waals surface area (Å²) in [5.74, 6) is 0. The fourth-order valence-corrected chi connectivity index (χ4v) is 3.51. The van der Waals surface area contributed by atoms with E-state index >= 15 is 0 Å². The Morgan fingerprint density at radius 2 is 1.80 bits per heavy atom. The van der Waals surface area contributed by atoms with Gasteiger partial charge < -0.3 is 5.32 Å². The SMILES string of the molecule is CCCNC1CC2CCCC(C1)N2CC. The minimum Gasteiger partial charge on any atom is -0.314 e. The maximum atomic E-state index is 3.72. The molecular formula is C13H26N2. The van der Waals surface area contributed by atoms with Crippen LogP contribution in [0.25, 0.3) is 0 Å². The quantitative estimate of drug-likeness (QED) is 0.766. The zero-order valence-corrected chi connectivity index (χ0v) is 10.3. The van der Waals surface area contributed by atoms with Crippen LogP contribution in [0.15, 0.2) is 0 Å². The van der Waals surface area contributed by atoms with Crippen molar-refractivity contribution in [3.8, 4) is 0 Å². The van der Waals surface area contributed by atoms with Gasteiger partial charge >= 0.3 is 0 Å². The molecule has 0 amide bonds. The Balaban J connectivity index is 1.90. The van der Waals surface area contributed by atoms with E-state index in [9.17, 15) is 0 Å². The van der Waals surface area contributed by atoms with Gasteiger partial charge in [-0.05, 0) is 45.2 Å². The van der Waals surface area contributed by atoms with E-state index in [0.717, 1.165) is 18.1 Å². The van der Waals surface area contributed by atoms with Crippen molar-refractivity contribution in [2.75, 3.05) is 13.1 Å². The fraction of sp³-hybridized carbons (Fsp3) is 1.00. The molecule has 2 aliphatic heterocycles. The molecule has 2 heterocycles. The first-order valence-corrected chi connectivity index (χ1v) is 6.84. The number of nitrogens with zero attached hydrogens (tertiary/aromatic N) is 1. The second-order valence-electron chi connectivity index (χ2n) is 5.19. The third-order valence-electron chi connectivity index (χ3n) is 4.17. The molecule has 2 nitrogen and oxygen atoms in total. The van der Waals surface area contributed by atoms with Crippen molar-refractivity contribution < 1.29 is 0 Å². The summed E-state index contributed by atoms with van der Waals surface area (Å²) in [5.41, 5.74) is 0. The van der Waals surface area contributed by atoms with E-state index in [0.29, 0.717) is 0 Å². The Hall–Kier alpha value is -0.0800. The Bertz CT molecular complexity index is 179. The van der Waals surface area contributed by atoms with Crippen LogP contribution < -0.4 is 5.32 Å².